The lowest BCUT2D eigenvalue weighted by Crippen LogP contribution is -2.48. The zero-order valence-corrected chi connectivity index (χ0v) is 21.9. The Morgan fingerprint density at radius 3 is 2.16 bits per heavy atom. The number of methoxy groups -OCH3 is 2. The number of rotatable bonds is 10. The number of amides is 1. The number of nitrogens with one attached hydrogen (secondary N) is 1. The summed E-state index contributed by atoms with van der Waals surface area (Å²) in [5.74, 6) is 0.409. The molecule has 37 heavy (non-hydrogen) atoms. The summed E-state index contributed by atoms with van der Waals surface area (Å²) in [7, 11) is -1.07. The van der Waals surface area contributed by atoms with Gasteiger partial charge >= 0.3 is 0 Å². The van der Waals surface area contributed by atoms with Gasteiger partial charge in [0.05, 0.1) is 24.8 Å². The number of ether oxygens (including phenoxy) is 3. The van der Waals surface area contributed by atoms with E-state index in [1.165, 1.54) is 26.4 Å². The van der Waals surface area contributed by atoms with Crippen LogP contribution in [-0.2, 0) is 25.0 Å². The third-order valence-electron chi connectivity index (χ3n) is 6.73. The molecule has 0 atom stereocenters. The molecule has 0 saturated carbocycles. The first-order valence-corrected chi connectivity index (χ1v) is 13.5. The molecule has 8 nitrogen and oxygen atoms in total. The van der Waals surface area contributed by atoms with Crippen LogP contribution in [0.4, 0.5) is 5.69 Å². The first-order valence-electron chi connectivity index (χ1n) is 12.1. The quantitative estimate of drug-likeness (QED) is 0.434. The summed E-state index contributed by atoms with van der Waals surface area (Å²) in [4.78, 5) is 13.4. The molecule has 0 bridgehead atoms. The molecule has 1 saturated heterocycles. The summed E-state index contributed by atoms with van der Waals surface area (Å²) >= 11 is 0. The standard InChI is InChI=1S/C28H32N2O6S/c1-34-25-14-13-23(19-26(25)35-2)30(37(32,33)24-11-7-4-8-12-24)20-27(31)29-21-28(15-17-36-18-16-28)22-9-5-3-6-10-22/h3-14,19H,15-18,20-21H2,1-2H3,(H,29,31). The van der Waals surface area contributed by atoms with Gasteiger partial charge in [-0.05, 0) is 42.7 Å². The molecule has 3 aromatic rings. The summed E-state index contributed by atoms with van der Waals surface area (Å²) in [6, 6.07) is 22.9. The van der Waals surface area contributed by atoms with Gasteiger partial charge in [0, 0.05) is 31.2 Å². The first-order chi connectivity index (χ1) is 17.9. The average Bonchev–Trinajstić information content (AvgIpc) is 2.95. The molecular formula is C28H32N2O6S. The molecule has 1 fully saturated rings. The smallest absolute Gasteiger partial charge is 0.264 e. The number of benzene rings is 3. The van der Waals surface area contributed by atoms with Crippen LogP contribution in [0, 0.1) is 0 Å². The van der Waals surface area contributed by atoms with Crippen molar-refractivity contribution in [1.82, 2.24) is 5.32 Å². The Balaban J connectivity index is 1.62. The topological polar surface area (TPSA) is 94.2 Å². The monoisotopic (exact) mass is 524 g/mol. The third kappa shape index (κ3) is 5.89. The largest absolute Gasteiger partial charge is 0.493 e. The summed E-state index contributed by atoms with van der Waals surface area (Å²) in [6.07, 6.45) is 1.53. The Bertz CT molecular complexity index is 1290. The maximum atomic E-state index is 13.7. The fourth-order valence-electron chi connectivity index (χ4n) is 4.59. The molecular weight excluding hydrogens is 492 g/mol. The number of carbonyl (C=O) groups is 1. The predicted octanol–water partition coefficient (Wildman–Crippen LogP) is 3.76. The number of sulfonamides is 1. The van der Waals surface area contributed by atoms with Crippen LogP contribution in [0.15, 0.2) is 83.8 Å². The highest BCUT2D eigenvalue weighted by Gasteiger charge is 2.35. The lowest BCUT2D eigenvalue weighted by Gasteiger charge is -2.38. The fourth-order valence-corrected chi connectivity index (χ4v) is 6.02. The summed E-state index contributed by atoms with van der Waals surface area (Å²) in [6.45, 7) is 1.19. The van der Waals surface area contributed by atoms with Crippen LogP contribution in [0.5, 0.6) is 11.5 Å². The predicted molar refractivity (Wildman–Crippen MR) is 142 cm³/mol. The van der Waals surface area contributed by atoms with E-state index in [9.17, 15) is 13.2 Å². The van der Waals surface area contributed by atoms with E-state index in [-0.39, 0.29) is 10.3 Å². The Hall–Kier alpha value is -3.56. The van der Waals surface area contributed by atoms with Crippen molar-refractivity contribution in [2.75, 3.05) is 44.8 Å². The van der Waals surface area contributed by atoms with Crippen molar-refractivity contribution in [3.8, 4) is 11.5 Å². The molecule has 9 heteroatoms. The van der Waals surface area contributed by atoms with E-state index in [2.05, 4.69) is 17.4 Å². The normalized spacial score (nSPS) is 15.0. The van der Waals surface area contributed by atoms with Crippen molar-refractivity contribution in [2.45, 2.75) is 23.2 Å². The van der Waals surface area contributed by atoms with Gasteiger partial charge in [-0.25, -0.2) is 8.42 Å². The number of hydrogen-bond acceptors (Lipinski definition) is 6. The van der Waals surface area contributed by atoms with Crippen LogP contribution >= 0.6 is 0 Å². The van der Waals surface area contributed by atoms with E-state index < -0.39 is 22.5 Å². The zero-order valence-electron chi connectivity index (χ0n) is 21.1. The summed E-state index contributed by atoms with van der Waals surface area (Å²) in [5.41, 5.74) is 1.15. The van der Waals surface area contributed by atoms with Crippen LogP contribution in [-0.4, -0.2) is 54.8 Å². The maximum Gasteiger partial charge on any atom is 0.264 e. The molecule has 4 rings (SSSR count). The van der Waals surface area contributed by atoms with Gasteiger partial charge in [-0.1, -0.05) is 48.5 Å². The number of nitrogens with zero attached hydrogens (tertiary/aromatic N) is 1. The molecule has 0 unspecified atom stereocenters. The highest BCUT2D eigenvalue weighted by molar-refractivity contribution is 7.92. The van der Waals surface area contributed by atoms with E-state index in [0.29, 0.717) is 36.9 Å². The second kappa shape index (κ2) is 11.7. The highest BCUT2D eigenvalue weighted by Crippen LogP contribution is 2.35. The molecule has 1 amide bonds. The van der Waals surface area contributed by atoms with Gasteiger partial charge in [0.25, 0.3) is 10.0 Å². The van der Waals surface area contributed by atoms with Gasteiger partial charge in [0.15, 0.2) is 11.5 Å². The Kier molecular flexibility index (Phi) is 8.35. The zero-order chi connectivity index (χ0) is 26.3. The van der Waals surface area contributed by atoms with Crippen LogP contribution in [0.1, 0.15) is 18.4 Å². The molecule has 0 aromatic heterocycles. The van der Waals surface area contributed by atoms with Crippen molar-refractivity contribution in [3.63, 3.8) is 0 Å². The van der Waals surface area contributed by atoms with Crippen LogP contribution in [0.25, 0.3) is 0 Å². The minimum atomic E-state index is -4.05. The minimum Gasteiger partial charge on any atom is -0.493 e. The van der Waals surface area contributed by atoms with Gasteiger partial charge in [-0.2, -0.15) is 0 Å². The maximum absolute atomic E-state index is 13.7. The Labute approximate surface area is 218 Å². The van der Waals surface area contributed by atoms with Crippen molar-refractivity contribution in [3.05, 3.63) is 84.4 Å². The second-order valence-corrected chi connectivity index (χ2v) is 10.8. The van der Waals surface area contributed by atoms with Crippen LogP contribution < -0.4 is 19.1 Å². The molecule has 3 aromatic carbocycles. The van der Waals surface area contributed by atoms with Crippen LogP contribution in [0.2, 0.25) is 0 Å². The lowest BCUT2D eigenvalue weighted by molar-refractivity contribution is -0.120. The van der Waals surface area contributed by atoms with Crippen molar-refractivity contribution < 1.29 is 27.4 Å². The van der Waals surface area contributed by atoms with E-state index in [1.807, 2.05) is 18.2 Å². The second-order valence-electron chi connectivity index (χ2n) is 8.90. The van der Waals surface area contributed by atoms with Crippen molar-refractivity contribution in [1.29, 1.82) is 0 Å². The number of anilines is 1. The van der Waals surface area contributed by atoms with E-state index in [4.69, 9.17) is 14.2 Å². The Morgan fingerprint density at radius 1 is 0.919 bits per heavy atom. The summed E-state index contributed by atoms with van der Waals surface area (Å²) < 4.78 is 44.7. The van der Waals surface area contributed by atoms with Crippen LogP contribution in [0.3, 0.4) is 0 Å². The van der Waals surface area contributed by atoms with E-state index in [0.717, 1.165) is 22.7 Å². The Morgan fingerprint density at radius 2 is 1.54 bits per heavy atom. The number of hydrogen-bond donors (Lipinski definition) is 1. The molecule has 1 N–H and O–H groups in total. The van der Waals surface area contributed by atoms with Gasteiger partial charge in [-0.15, -0.1) is 0 Å². The summed E-state index contributed by atoms with van der Waals surface area (Å²) in [5, 5.41) is 3.01. The molecule has 1 heterocycles. The number of carbonyl (C=O) groups excluding carboxylic acids is 1. The highest BCUT2D eigenvalue weighted by atomic mass is 32.2. The van der Waals surface area contributed by atoms with Gasteiger partial charge in [-0.3, -0.25) is 9.10 Å². The third-order valence-corrected chi connectivity index (χ3v) is 8.52. The molecule has 196 valence electrons. The van der Waals surface area contributed by atoms with E-state index in [1.54, 1.807) is 36.4 Å². The molecule has 0 radical (unpaired) electrons. The van der Waals surface area contributed by atoms with E-state index >= 15 is 0 Å². The molecule has 0 spiro atoms. The fraction of sp³-hybridized carbons (Fsp3) is 0.321. The lowest BCUT2D eigenvalue weighted by atomic mass is 9.74. The first kappa shape index (κ1) is 26.5. The van der Waals surface area contributed by atoms with Gasteiger partial charge < -0.3 is 19.5 Å². The van der Waals surface area contributed by atoms with Gasteiger partial charge in [0.1, 0.15) is 6.54 Å². The van der Waals surface area contributed by atoms with Crippen molar-refractivity contribution in [2.24, 2.45) is 0 Å². The minimum absolute atomic E-state index is 0.0859. The average molecular weight is 525 g/mol. The molecule has 1 aliphatic rings. The van der Waals surface area contributed by atoms with Gasteiger partial charge in [0.2, 0.25) is 5.91 Å². The SMILES string of the molecule is COc1ccc(N(CC(=O)NCC2(c3ccccc3)CCOCC2)S(=O)(=O)c2ccccc2)cc1OC. The van der Waals surface area contributed by atoms with Crippen molar-refractivity contribution >= 4 is 21.6 Å². The molecule has 0 aliphatic carbocycles. The molecule has 1 aliphatic heterocycles.